The van der Waals surface area contributed by atoms with E-state index in [0.29, 0.717) is 48.6 Å². The second-order valence-electron chi connectivity index (χ2n) is 7.54. The standard InChI is InChI=1S/C22H23N3O7/c1-30-19-6-3-14(11-20(19)31-2)13-23-21(26)17-12-16(25(28)29)4-5-18(17)24(22(23)27)15-7-9-32-10-8-15/h3-6,11-12,15H,7-10,13H2,1-2H3. The van der Waals surface area contributed by atoms with Gasteiger partial charge < -0.3 is 14.2 Å². The summed E-state index contributed by atoms with van der Waals surface area (Å²) in [6.07, 6.45) is 1.22. The van der Waals surface area contributed by atoms with Crippen LogP contribution in [0.5, 0.6) is 11.5 Å². The summed E-state index contributed by atoms with van der Waals surface area (Å²) >= 11 is 0. The second-order valence-corrected chi connectivity index (χ2v) is 7.54. The van der Waals surface area contributed by atoms with Gasteiger partial charge in [-0.05, 0) is 36.6 Å². The number of ether oxygens (including phenoxy) is 3. The van der Waals surface area contributed by atoms with Crippen molar-refractivity contribution >= 4 is 16.6 Å². The normalized spacial score (nSPS) is 14.4. The summed E-state index contributed by atoms with van der Waals surface area (Å²) in [5.74, 6) is 0.997. The molecule has 0 N–H and O–H groups in total. The first-order valence-electron chi connectivity index (χ1n) is 10.2. The number of aromatic nitrogens is 2. The molecule has 1 fully saturated rings. The van der Waals surface area contributed by atoms with Gasteiger partial charge in [-0.25, -0.2) is 4.79 Å². The molecular formula is C22H23N3O7. The third kappa shape index (κ3) is 3.84. The van der Waals surface area contributed by atoms with E-state index in [2.05, 4.69) is 0 Å². The molecule has 168 valence electrons. The molecule has 0 spiro atoms. The summed E-state index contributed by atoms with van der Waals surface area (Å²) in [7, 11) is 3.02. The van der Waals surface area contributed by atoms with Gasteiger partial charge in [0.2, 0.25) is 0 Å². The van der Waals surface area contributed by atoms with E-state index in [1.807, 2.05) is 0 Å². The first-order chi connectivity index (χ1) is 15.4. The van der Waals surface area contributed by atoms with Gasteiger partial charge in [-0.3, -0.25) is 24.0 Å². The van der Waals surface area contributed by atoms with Crippen LogP contribution >= 0.6 is 0 Å². The lowest BCUT2D eigenvalue weighted by Crippen LogP contribution is -2.42. The quantitative estimate of drug-likeness (QED) is 0.426. The highest BCUT2D eigenvalue weighted by molar-refractivity contribution is 5.80. The van der Waals surface area contributed by atoms with Crippen molar-refractivity contribution in [3.05, 3.63) is 72.9 Å². The molecule has 32 heavy (non-hydrogen) atoms. The Kier molecular flexibility index (Phi) is 5.95. The molecule has 2 heterocycles. The Balaban J connectivity index is 1.92. The predicted molar refractivity (Wildman–Crippen MR) is 117 cm³/mol. The number of benzene rings is 2. The molecule has 1 aliphatic rings. The van der Waals surface area contributed by atoms with Crippen LogP contribution in [0, 0.1) is 10.1 Å². The lowest BCUT2D eigenvalue weighted by molar-refractivity contribution is -0.384. The smallest absolute Gasteiger partial charge is 0.332 e. The third-order valence-electron chi connectivity index (χ3n) is 5.71. The summed E-state index contributed by atoms with van der Waals surface area (Å²) in [4.78, 5) is 37.5. The van der Waals surface area contributed by atoms with E-state index in [9.17, 15) is 19.7 Å². The zero-order valence-corrected chi connectivity index (χ0v) is 17.8. The van der Waals surface area contributed by atoms with Gasteiger partial charge in [-0.15, -0.1) is 0 Å². The molecular weight excluding hydrogens is 418 g/mol. The van der Waals surface area contributed by atoms with Gasteiger partial charge >= 0.3 is 5.69 Å². The molecule has 0 radical (unpaired) electrons. The molecule has 1 saturated heterocycles. The second kappa shape index (κ2) is 8.83. The van der Waals surface area contributed by atoms with E-state index < -0.39 is 16.2 Å². The van der Waals surface area contributed by atoms with E-state index in [0.717, 1.165) is 4.57 Å². The van der Waals surface area contributed by atoms with E-state index >= 15 is 0 Å². The highest BCUT2D eigenvalue weighted by atomic mass is 16.6. The van der Waals surface area contributed by atoms with Gasteiger partial charge in [0.05, 0.1) is 36.6 Å². The molecule has 1 aromatic heterocycles. The molecule has 1 aliphatic heterocycles. The van der Waals surface area contributed by atoms with Crippen molar-refractivity contribution in [1.82, 2.24) is 9.13 Å². The molecule has 0 aliphatic carbocycles. The van der Waals surface area contributed by atoms with Crippen LogP contribution in [0.15, 0.2) is 46.0 Å². The molecule has 3 aromatic rings. The molecule has 0 saturated carbocycles. The summed E-state index contributed by atoms with van der Waals surface area (Å²) in [6, 6.07) is 8.99. The fraction of sp³-hybridized carbons (Fsp3) is 0.364. The number of hydrogen-bond donors (Lipinski definition) is 0. The average Bonchev–Trinajstić information content (AvgIpc) is 2.82. The molecule has 0 unspecified atom stereocenters. The number of methoxy groups -OCH3 is 2. The largest absolute Gasteiger partial charge is 0.493 e. The number of fused-ring (bicyclic) bond motifs is 1. The topological polar surface area (TPSA) is 115 Å². The van der Waals surface area contributed by atoms with Crippen LogP contribution < -0.4 is 20.7 Å². The Bertz CT molecular complexity index is 1290. The van der Waals surface area contributed by atoms with Crippen molar-refractivity contribution in [3.63, 3.8) is 0 Å². The number of nitrogens with zero attached hydrogens (tertiary/aromatic N) is 3. The lowest BCUT2D eigenvalue weighted by atomic mass is 10.1. The minimum Gasteiger partial charge on any atom is -0.493 e. The number of rotatable bonds is 6. The zero-order valence-electron chi connectivity index (χ0n) is 17.8. The van der Waals surface area contributed by atoms with Gasteiger partial charge in [-0.2, -0.15) is 0 Å². The maximum absolute atomic E-state index is 13.5. The Morgan fingerprint density at radius 3 is 2.44 bits per heavy atom. The molecule has 10 heteroatoms. The first-order valence-corrected chi connectivity index (χ1v) is 10.2. The van der Waals surface area contributed by atoms with Crippen molar-refractivity contribution in [2.24, 2.45) is 0 Å². The van der Waals surface area contributed by atoms with Gasteiger partial charge in [0.25, 0.3) is 11.2 Å². The number of hydrogen-bond acceptors (Lipinski definition) is 7. The minimum atomic E-state index is -0.577. The van der Waals surface area contributed by atoms with Crippen molar-refractivity contribution in [2.75, 3.05) is 27.4 Å². The monoisotopic (exact) mass is 441 g/mol. The fourth-order valence-electron chi connectivity index (χ4n) is 4.08. The van der Waals surface area contributed by atoms with Gasteiger partial charge in [-0.1, -0.05) is 6.07 Å². The Hall–Kier alpha value is -3.66. The number of non-ortho nitro benzene ring substituents is 1. The third-order valence-corrected chi connectivity index (χ3v) is 5.71. The average molecular weight is 441 g/mol. The van der Waals surface area contributed by atoms with Crippen LogP contribution in [0.2, 0.25) is 0 Å². The van der Waals surface area contributed by atoms with Crippen molar-refractivity contribution < 1.29 is 19.1 Å². The molecule has 0 amide bonds. The van der Waals surface area contributed by atoms with Crippen LogP contribution in [-0.2, 0) is 11.3 Å². The maximum Gasteiger partial charge on any atom is 0.332 e. The van der Waals surface area contributed by atoms with E-state index in [4.69, 9.17) is 14.2 Å². The maximum atomic E-state index is 13.5. The Morgan fingerprint density at radius 2 is 1.78 bits per heavy atom. The summed E-state index contributed by atoms with van der Waals surface area (Å²) in [5, 5.41) is 11.4. The zero-order chi connectivity index (χ0) is 22.8. The Labute approximate surface area is 182 Å². The fourth-order valence-corrected chi connectivity index (χ4v) is 4.08. The SMILES string of the molecule is COc1ccc(Cn2c(=O)c3cc([N+](=O)[O-])ccc3n(C3CCOCC3)c2=O)cc1OC. The van der Waals surface area contributed by atoms with Crippen LogP contribution in [0.4, 0.5) is 5.69 Å². The van der Waals surface area contributed by atoms with Gasteiger partial charge in [0.15, 0.2) is 11.5 Å². The molecule has 0 atom stereocenters. The van der Waals surface area contributed by atoms with Crippen molar-refractivity contribution in [3.8, 4) is 11.5 Å². The van der Waals surface area contributed by atoms with Crippen molar-refractivity contribution in [2.45, 2.75) is 25.4 Å². The van der Waals surface area contributed by atoms with Crippen LogP contribution in [-0.4, -0.2) is 41.5 Å². The van der Waals surface area contributed by atoms with Gasteiger partial charge in [0.1, 0.15) is 0 Å². The summed E-state index contributed by atoms with van der Waals surface area (Å²) in [5.41, 5.74) is -0.194. The van der Waals surface area contributed by atoms with Crippen LogP contribution in [0.25, 0.3) is 10.9 Å². The van der Waals surface area contributed by atoms with E-state index in [1.165, 1.54) is 32.4 Å². The van der Waals surface area contributed by atoms with Crippen LogP contribution in [0.1, 0.15) is 24.4 Å². The number of nitro benzene ring substituents is 1. The highest BCUT2D eigenvalue weighted by Crippen LogP contribution is 2.28. The van der Waals surface area contributed by atoms with E-state index in [-0.39, 0.29) is 23.7 Å². The molecule has 10 nitrogen and oxygen atoms in total. The molecule has 4 rings (SSSR count). The van der Waals surface area contributed by atoms with Crippen LogP contribution in [0.3, 0.4) is 0 Å². The summed E-state index contributed by atoms with van der Waals surface area (Å²) < 4.78 is 18.7. The van der Waals surface area contributed by atoms with Crippen molar-refractivity contribution in [1.29, 1.82) is 0 Å². The first kappa shape index (κ1) is 21.6. The minimum absolute atomic E-state index is 0.0140. The summed E-state index contributed by atoms with van der Waals surface area (Å²) in [6.45, 7) is 0.987. The molecule has 2 aromatic carbocycles. The Morgan fingerprint density at radius 1 is 1.06 bits per heavy atom. The van der Waals surface area contributed by atoms with E-state index in [1.54, 1.807) is 22.8 Å². The lowest BCUT2D eigenvalue weighted by Gasteiger charge is -2.26. The highest BCUT2D eigenvalue weighted by Gasteiger charge is 2.24. The van der Waals surface area contributed by atoms with Gasteiger partial charge in [0, 0.05) is 31.4 Å². The number of nitro groups is 1. The molecule has 0 bridgehead atoms. The predicted octanol–water partition coefficient (Wildman–Crippen LogP) is 2.49.